The minimum Gasteiger partial charge on any atom is -0.480 e. The normalized spacial score (nSPS) is 14.6. The Kier molecular flexibility index (Phi) is 26.8. The van der Waals surface area contributed by atoms with Crippen LogP contribution in [0, 0.1) is 0 Å². The first-order valence-electron chi connectivity index (χ1n) is 19.8. The Hall–Kier alpha value is -1.92. The molecule has 1 fully saturated rings. The van der Waals surface area contributed by atoms with Crippen LogP contribution >= 0.6 is 0 Å². The molecule has 3 amide bonds. The van der Waals surface area contributed by atoms with E-state index >= 15 is 0 Å². The van der Waals surface area contributed by atoms with Crippen molar-refractivity contribution in [1.82, 2.24) is 9.80 Å². The van der Waals surface area contributed by atoms with Gasteiger partial charge in [0, 0.05) is 19.4 Å². The predicted molar refractivity (Wildman–Crippen MR) is 190 cm³/mol. The minimum atomic E-state index is -1.20. The van der Waals surface area contributed by atoms with E-state index in [0.29, 0.717) is 32.2 Å². The lowest BCUT2D eigenvalue weighted by Gasteiger charge is -2.28. The van der Waals surface area contributed by atoms with Crippen LogP contribution < -0.4 is 0 Å². The second-order valence-corrected chi connectivity index (χ2v) is 13.9. The van der Waals surface area contributed by atoms with Gasteiger partial charge in [-0.25, -0.2) is 0 Å². The third-order valence-electron chi connectivity index (χ3n) is 9.71. The maximum Gasteiger partial charge on any atom is 0.323 e. The number of imide groups is 1. The minimum absolute atomic E-state index is 0.0434. The quantitative estimate of drug-likeness (QED) is 0.0755. The Bertz CT molecular complexity index is 801. The molecule has 1 aliphatic heterocycles. The van der Waals surface area contributed by atoms with E-state index in [-0.39, 0.29) is 12.3 Å². The zero-order chi connectivity index (χ0) is 33.7. The summed E-state index contributed by atoms with van der Waals surface area (Å²) in [5, 5.41) is 9.44. The molecule has 1 heterocycles. The first-order chi connectivity index (χ1) is 22.4. The van der Waals surface area contributed by atoms with Crippen LogP contribution in [-0.2, 0) is 19.2 Å². The smallest absolute Gasteiger partial charge is 0.323 e. The van der Waals surface area contributed by atoms with E-state index in [0.717, 1.165) is 43.4 Å². The summed E-state index contributed by atoms with van der Waals surface area (Å²) in [5.41, 5.74) is 0. The lowest BCUT2D eigenvalue weighted by Crippen LogP contribution is -2.51. The van der Waals surface area contributed by atoms with Crippen LogP contribution in [0.2, 0.25) is 0 Å². The van der Waals surface area contributed by atoms with Crippen LogP contribution in [0.4, 0.5) is 0 Å². The summed E-state index contributed by atoms with van der Waals surface area (Å²) in [7, 11) is 0. The lowest BCUT2D eigenvalue weighted by atomic mass is 10.0. The molecule has 1 rings (SSSR count). The molecule has 268 valence electrons. The first kappa shape index (κ1) is 42.1. The third kappa shape index (κ3) is 21.1. The van der Waals surface area contributed by atoms with Crippen LogP contribution in [0.5, 0.6) is 0 Å². The standard InChI is InChI=1S/C39H72N2O5/c1-3-5-7-9-11-13-15-17-19-21-23-25-27-31-36(42)40-33-29-30-35(40)39(46)41(34-38(44)45)37(43)32-28-26-24-22-20-18-16-14-12-10-8-6-4-2/h35H,3-34H2,1-2H3,(H,44,45)/t35-/m0/s1. The number of carbonyl (C=O) groups is 4. The van der Waals surface area contributed by atoms with Crippen molar-refractivity contribution < 1.29 is 24.3 Å². The van der Waals surface area contributed by atoms with Crippen molar-refractivity contribution in [2.24, 2.45) is 0 Å². The van der Waals surface area contributed by atoms with Gasteiger partial charge in [-0.15, -0.1) is 0 Å². The zero-order valence-electron chi connectivity index (χ0n) is 30.2. The number of likely N-dealkylation sites (tertiary alicyclic amines) is 1. The van der Waals surface area contributed by atoms with Crippen LogP contribution in [0.25, 0.3) is 0 Å². The molecule has 1 aliphatic rings. The molecule has 7 nitrogen and oxygen atoms in total. The molecular formula is C39H72N2O5. The molecule has 1 atom stereocenters. The fourth-order valence-electron chi connectivity index (χ4n) is 6.79. The number of hydrogen-bond donors (Lipinski definition) is 1. The Balaban J connectivity index is 2.27. The summed E-state index contributed by atoms with van der Waals surface area (Å²) in [6, 6.07) is -0.718. The SMILES string of the molecule is CCCCCCCCCCCCCCCC(=O)N(CC(=O)O)C(=O)[C@@H]1CCCN1C(=O)CCCCCCCCCCCCCCC. The fourth-order valence-corrected chi connectivity index (χ4v) is 6.79. The van der Waals surface area contributed by atoms with Gasteiger partial charge in [0.25, 0.3) is 5.91 Å². The number of rotatable bonds is 31. The third-order valence-corrected chi connectivity index (χ3v) is 9.71. The molecule has 0 aliphatic carbocycles. The maximum atomic E-state index is 13.4. The highest BCUT2D eigenvalue weighted by molar-refractivity contribution is 6.01. The molecule has 0 saturated carbocycles. The molecule has 0 unspecified atom stereocenters. The van der Waals surface area contributed by atoms with Gasteiger partial charge >= 0.3 is 5.97 Å². The van der Waals surface area contributed by atoms with Gasteiger partial charge < -0.3 is 10.0 Å². The molecule has 0 radical (unpaired) electrons. The fraction of sp³-hybridized carbons (Fsp3) is 0.897. The lowest BCUT2D eigenvalue weighted by molar-refractivity contribution is -0.156. The monoisotopic (exact) mass is 649 g/mol. The van der Waals surface area contributed by atoms with Gasteiger partial charge in [-0.2, -0.15) is 0 Å². The summed E-state index contributed by atoms with van der Waals surface area (Å²) in [4.78, 5) is 53.5. The van der Waals surface area contributed by atoms with Gasteiger partial charge in [-0.1, -0.05) is 168 Å². The van der Waals surface area contributed by atoms with Gasteiger partial charge in [-0.3, -0.25) is 24.1 Å². The maximum absolute atomic E-state index is 13.4. The highest BCUT2D eigenvalue weighted by atomic mass is 16.4. The molecule has 0 aromatic rings. The highest BCUT2D eigenvalue weighted by Gasteiger charge is 2.38. The second-order valence-electron chi connectivity index (χ2n) is 13.9. The van der Waals surface area contributed by atoms with E-state index < -0.39 is 30.4 Å². The molecule has 1 N–H and O–H groups in total. The zero-order valence-corrected chi connectivity index (χ0v) is 30.2. The van der Waals surface area contributed by atoms with Gasteiger partial charge in [0.15, 0.2) is 0 Å². The van der Waals surface area contributed by atoms with Crippen molar-refractivity contribution in [2.45, 2.75) is 213 Å². The van der Waals surface area contributed by atoms with E-state index in [1.165, 1.54) is 122 Å². The first-order valence-corrected chi connectivity index (χ1v) is 19.8. The molecular weight excluding hydrogens is 576 g/mol. The number of unbranched alkanes of at least 4 members (excludes halogenated alkanes) is 24. The molecule has 0 aromatic carbocycles. The van der Waals surface area contributed by atoms with Crippen LogP contribution in [0.15, 0.2) is 0 Å². The molecule has 1 saturated heterocycles. The van der Waals surface area contributed by atoms with Gasteiger partial charge in [0.1, 0.15) is 12.6 Å². The Morgan fingerprint density at radius 3 is 1.33 bits per heavy atom. The van der Waals surface area contributed by atoms with E-state index in [1.807, 2.05) is 0 Å². The van der Waals surface area contributed by atoms with Crippen molar-refractivity contribution in [3.63, 3.8) is 0 Å². The van der Waals surface area contributed by atoms with Crippen LogP contribution in [-0.4, -0.2) is 57.7 Å². The van der Waals surface area contributed by atoms with Crippen molar-refractivity contribution in [3.8, 4) is 0 Å². The number of carboxylic acids is 1. The number of nitrogens with zero attached hydrogens (tertiary/aromatic N) is 2. The topological polar surface area (TPSA) is 95.0 Å². The summed E-state index contributed by atoms with van der Waals surface area (Å²) in [5.74, 6) is -2.18. The van der Waals surface area contributed by atoms with E-state index in [1.54, 1.807) is 4.90 Å². The highest BCUT2D eigenvalue weighted by Crippen LogP contribution is 2.23. The summed E-state index contributed by atoms with van der Waals surface area (Å²) < 4.78 is 0. The van der Waals surface area contributed by atoms with Crippen molar-refractivity contribution in [3.05, 3.63) is 0 Å². The molecule has 0 bridgehead atoms. The Morgan fingerprint density at radius 1 is 0.565 bits per heavy atom. The van der Waals surface area contributed by atoms with Crippen LogP contribution in [0.3, 0.4) is 0 Å². The molecule has 0 spiro atoms. The molecule has 0 aromatic heterocycles. The van der Waals surface area contributed by atoms with Gasteiger partial charge in [0.2, 0.25) is 11.8 Å². The van der Waals surface area contributed by atoms with E-state index in [2.05, 4.69) is 13.8 Å². The number of aliphatic carboxylic acids is 1. The van der Waals surface area contributed by atoms with Crippen molar-refractivity contribution in [1.29, 1.82) is 0 Å². The van der Waals surface area contributed by atoms with Crippen molar-refractivity contribution in [2.75, 3.05) is 13.1 Å². The largest absolute Gasteiger partial charge is 0.480 e. The number of carboxylic acid groups (broad SMARTS) is 1. The predicted octanol–water partition coefficient (Wildman–Crippen LogP) is 10.4. The van der Waals surface area contributed by atoms with E-state index in [4.69, 9.17) is 0 Å². The summed E-state index contributed by atoms with van der Waals surface area (Å²) in [6.07, 6.45) is 33.6. The van der Waals surface area contributed by atoms with Gasteiger partial charge in [0.05, 0.1) is 0 Å². The number of amides is 3. The number of carbonyl (C=O) groups excluding carboxylic acids is 3. The average Bonchev–Trinajstić information content (AvgIpc) is 3.54. The second kappa shape index (κ2) is 29.2. The van der Waals surface area contributed by atoms with Crippen molar-refractivity contribution >= 4 is 23.7 Å². The molecule has 46 heavy (non-hydrogen) atoms. The number of hydrogen-bond acceptors (Lipinski definition) is 4. The Morgan fingerprint density at radius 2 is 0.935 bits per heavy atom. The summed E-state index contributed by atoms with van der Waals surface area (Å²) in [6.45, 7) is 4.37. The average molecular weight is 649 g/mol. The van der Waals surface area contributed by atoms with Gasteiger partial charge in [-0.05, 0) is 25.7 Å². The molecule has 7 heteroatoms. The Labute approximate surface area is 283 Å². The van der Waals surface area contributed by atoms with Crippen LogP contribution in [0.1, 0.15) is 206 Å². The summed E-state index contributed by atoms with van der Waals surface area (Å²) >= 11 is 0. The van der Waals surface area contributed by atoms with E-state index in [9.17, 15) is 24.3 Å².